The van der Waals surface area contributed by atoms with Crippen molar-refractivity contribution < 1.29 is 28.7 Å². The van der Waals surface area contributed by atoms with Gasteiger partial charge in [0.25, 0.3) is 17.7 Å². The van der Waals surface area contributed by atoms with E-state index in [1.807, 2.05) is 0 Å². The second-order valence-electron chi connectivity index (χ2n) is 9.01. The molecule has 4 aromatic rings. The van der Waals surface area contributed by atoms with Crippen LogP contribution in [0.4, 0.5) is 21.9 Å². The Morgan fingerprint density at radius 2 is 1.36 bits per heavy atom. The molecule has 9 nitrogen and oxygen atoms in total. The van der Waals surface area contributed by atoms with Gasteiger partial charge in [0.05, 0.1) is 24.2 Å². The molecular formula is C32H24BrN3O6. The summed E-state index contributed by atoms with van der Waals surface area (Å²) in [4.78, 5) is 55.6. The van der Waals surface area contributed by atoms with E-state index < -0.39 is 23.8 Å². The fourth-order valence-corrected chi connectivity index (χ4v) is 4.71. The van der Waals surface area contributed by atoms with E-state index in [0.29, 0.717) is 32.8 Å². The summed E-state index contributed by atoms with van der Waals surface area (Å²) in [6.45, 7) is -0.359. The van der Waals surface area contributed by atoms with Crippen molar-refractivity contribution in [1.82, 2.24) is 0 Å². The Bertz CT molecular complexity index is 1630. The number of carbonyl (C=O) groups is 4. The largest absolute Gasteiger partial charge is 0.495 e. The summed E-state index contributed by atoms with van der Waals surface area (Å²) in [5.74, 6) is -1.28. The van der Waals surface area contributed by atoms with Crippen LogP contribution in [-0.2, 0) is 14.4 Å². The number of anilines is 3. The van der Waals surface area contributed by atoms with Crippen molar-refractivity contribution in [1.29, 1.82) is 0 Å². The summed E-state index contributed by atoms with van der Waals surface area (Å²) in [5.41, 5.74) is 1.19. The Morgan fingerprint density at radius 3 is 1.95 bits per heavy atom. The fourth-order valence-electron chi connectivity index (χ4n) is 4.34. The number of ether oxygens (including phenoxy) is 2. The number of imide groups is 2. The molecule has 0 aromatic heterocycles. The van der Waals surface area contributed by atoms with Crippen LogP contribution >= 0.6 is 15.9 Å². The second-order valence-corrected chi connectivity index (χ2v) is 9.93. The summed E-state index contributed by atoms with van der Waals surface area (Å²) in [6.07, 6.45) is 1.36. The lowest BCUT2D eigenvalue weighted by molar-refractivity contribution is -0.121. The highest BCUT2D eigenvalue weighted by atomic mass is 79.9. The molecule has 0 saturated carbocycles. The van der Waals surface area contributed by atoms with Gasteiger partial charge in [0.2, 0.25) is 0 Å². The molecule has 4 aromatic carbocycles. The van der Waals surface area contributed by atoms with Gasteiger partial charge in [0.15, 0.2) is 6.61 Å². The number of nitrogens with zero attached hydrogens (tertiary/aromatic N) is 2. The van der Waals surface area contributed by atoms with Crippen molar-refractivity contribution in [2.24, 2.45) is 0 Å². The van der Waals surface area contributed by atoms with E-state index in [2.05, 4.69) is 21.2 Å². The van der Waals surface area contributed by atoms with Crippen molar-refractivity contribution in [3.63, 3.8) is 0 Å². The van der Waals surface area contributed by atoms with E-state index in [0.717, 1.165) is 9.80 Å². The molecule has 0 unspecified atom stereocenters. The average molecular weight is 626 g/mol. The minimum Gasteiger partial charge on any atom is -0.495 e. The number of urea groups is 1. The van der Waals surface area contributed by atoms with Gasteiger partial charge in [-0.1, -0.05) is 64.5 Å². The van der Waals surface area contributed by atoms with Crippen LogP contribution in [0.15, 0.2) is 113 Å². The van der Waals surface area contributed by atoms with Crippen molar-refractivity contribution in [2.75, 3.05) is 28.8 Å². The number of methoxy groups -OCH3 is 1. The van der Waals surface area contributed by atoms with E-state index in [4.69, 9.17) is 9.47 Å². The lowest BCUT2D eigenvalue weighted by Gasteiger charge is -2.34. The maximum atomic E-state index is 13.7. The molecule has 0 radical (unpaired) electrons. The van der Waals surface area contributed by atoms with Crippen molar-refractivity contribution in [3.8, 4) is 11.5 Å². The van der Waals surface area contributed by atoms with Gasteiger partial charge in [-0.05, 0) is 60.7 Å². The Hall–Kier alpha value is -5.22. The van der Waals surface area contributed by atoms with Crippen LogP contribution in [0.1, 0.15) is 5.56 Å². The van der Waals surface area contributed by atoms with Gasteiger partial charge in [0.1, 0.15) is 17.1 Å². The highest BCUT2D eigenvalue weighted by molar-refractivity contribution is 9.10. The van der Waals surface area contributed by atoms with Crippen LogP contribution in [0.5, 0.6) is 11.5 Å². The minimum atomic E-state index is -0.793. The molecule has 210 valence electrons. The van der Waals surface area contributed by atoms with Crippen LogP contribution in [0.3, 0.4) is 0 Å². The molecule has 0 spiro atoms. The Labute approximate surface area is 250 Å². The summed E-state index contributed by atoms with van der Waals surface area (Å²) in [7, 11) is 1.50. The number of hydrogen-bond acceptors (Lipinski definition) is 6. The van der Waals surface area contributed by atoms with E-state index in [9.17, 15) is 19.2 Å². The van der Waals surface area contributed by atoms with Gasteiger partial charge >= 0.3 is 6.03 Å². The number of benzene rings is 4. The Kier molecular flexibility index (Phi) is 8.44. The molecule has 1 aliphatic heterocycles. The molecule has 5 amide bonds. The van der Waals surface area contributed by atoms with E-state index in [-0.39, 0.29) is 17.9 Å². The molecule has 1 fully saturated rings. The highest BCUT2D eigenvalue weighted by Crippen LogP contribution is 2.32. The summed E-state index contributed by atoms with van der Waals surface area (Å²) < 4.78 is 11.7. The van der Waals surface area contributed by atoms with E-state index in [1.54, 1.807) is 103 Å². The van der Waals surface area contributed by atoms with Gasteiger partial charge < -0.3 is 14.8 Å². The third-order valence-corrected chi connectivity index (χ3v) is 6.78. The van der Waals surface area contributed by atoms with Crippen LogP contribution in [0.2, 0.25) is 0 Å². The number of nitrogens with one attached hydrogen (secondary N) is 1. The predicted molar refractivity (Wildman–Crippen MR) is 162 cm³/mol. The first-order valence-corrected chi connectivity index (χ1v) is 13.6. The quantitative estimate of drug-likeness (QED) is 0.188. The lowest BCUT2D eigenvalue weighted by Crippen LogP contribution is -2.57. The maximum Gasteiger partial charge on any atom is 0.343 e. The summed E-state index contributed by atoms with van der Waals surface area (Å²) in [5, 5.41) is 2.74. The first-order chi connectivity index (χ1) is 20.4. The third kappa shape index (κ3) is 5.93. The Balaban J connectivity index is 1.49. The average Bonchev–Trinajstić information content (AvgIpc) is 3.00. The van der Waals surface area contributed by atoms with Crippen molar-refractivity contribution in [2.45, 2.75) is 0 Å². The first kappa shape index (κ1) is 28.3. The standard InChI is InChI=1S/C32H24BrN3O6/c1-41-28-15-9-8-14-26(28)34-29(37)20-42-27-17-16-22(33)18-21(27)19-25-30(38)35(23-10-4-2-5-11-23)32(40)36(31(25)39)24-12-6-3-7-13-24/h2-19H,20H2,1H3,(H,34,37). The summed E-state index contributed by atoms with van der Waals surface area (Å²) in [6, 6.07) is 27.9. The molecule has 10 heteroatoms. The normalized spacial score (nSPS) is 13.2. The number of hydrogen-bond donors (Lipinski definition) is 1. The molecule has 5 rings (SSSR count). The SMILES string of the molecule is COc1ccccc1NC(=O)COc1ccc(Br)cc1C=C1C(=O)N(c2ccccc2)C(=O)N(c2ccccc2)C1=O. The van der Waals surface area contributed by atoms with Crippen molar-refractivity contribution >= 4 is 62.8 Å². The molecule has 1 heterocycles. The monoisotopic (exact) mass is 625 g/mol. The number of barbiturate groups is 1. The molecule has 0 atom stereocenters. The van der Waals surface area contributed by atoms with Crippen molar-refractivity contribution in [3.05, 3.63) is 119 Å². The molecular weight excluding hydrogens is 602 g/mol. The zero-order valence-corrected chi connectivity index (χ0v) is 23.9. The minimum absolute atomic E-state index is 0.246. The number of rotatable bonds is 8. The molecule has 0 aliphatic carbocycles. The molecule has 1 N–H and O–H groups in total. The molecule has 1 saturated heterocycles. The number of amides is 5. The summed E-state index contributed by atoms with van der Waals surface area (Å²) >= 11 is 3.42. The van der Waals surface area contributed by atoms with E-state index >= 15 is 0 Å². The van der Waals surface area contributed by atoms with Gasteiger partial charge in [-0.2, -0.15) is 0 Å². The topological polar surface area (TPSA) is 105 Å². The second kappa shape index (κ2) is 12.5. The van der Waals surface area contributed by atoms with Crippen LogP contribution < -0.4 is 24.6 Å². The zero-order valence-electron chi connectivity index (χ0n) is 22.3. The maximum absolute atomic E-state index is 13.7. The van der Waals surface area contributed by atoms with E-state index in [1.165, 1.54) is 13.2 Å². The number of carbonyl (C=O) groups excluding carboxylic acids is 4. The fraction of sp³-hybridized carbons (Fsp3) is 0.0625. The van der Waals surface area contributed by atoms with Crippen LogP contribution in [0.25, 0.3) is 6.08 Å². The predicted octanol–water partition coefficient (Wildman–Crippen LogP) is 6.06. The number of para-hydroxylation sites is 4. The third-order valence-electron chi connectivity index (χ3n) is 6.29. The van der Waals surface area contributed by atoms with Crippen LogP contribution in [0, 0.1) is 0 Å². The molecule has 0 bridgehead atoms. The van der Waals surface area contributed by atoms with Gasteiger partial charge in [-0.15, -0.1) is 0 Å². The smallest absolute Gasteiger partial charge is 0.343 e. The Morgan fingerprint density at radius 1 is 0.786 bits per heavy atom. The van der Waals surface area contributed by atoms with Gasteiger partial charge in [-0.3, -0.25) is 14.4 Å². The molecule has 1 aliphatic rings. The number of halogens is 1. The van der Waals surface area contributed by atoms with Crippen LogP contribution in [-0.4, -0.2) is 37.5 Å². The van der Waals surface area contributed by atoms with Gasteiger partial charge in [-0.25, -0.2) is 14.6 Å². The lowest BCUT2D eigenvalue weighted by atomic mass is 10.0. The molecule has 42 heavy (non-hydrogen) atoms. The zero-order chi connectivity index (χ0) is 29.6. The van der Waals surface area contributed by atoms with Gasteiger partial charge in [0, 0.05) is 10.0 Å². The highest BCUT2D eigenvalue weighted by Gasteiger charge is 2.43. The first-order valence-electron chi connectivity index (χ1n) is 12.8.